The molecule has 0 bridgehead atoms. The van der Waals surface area contributed by atoms with E-state index >= 15 is 0 Å². The van der Waals surface area contributed by atoms with Crippen LogP contribution in [0.5, 0.6) is 0 Å². The third-order valence-corrected chi connectivity index (χ3v) is 3.16. The van der Waals surface area contributed by atoms with Gasteiger partial charge in [0.2, 0.25) is 0 Å². The van der Waals surface area contributed by atoms with Gasteiger partial charge in [0.05, 0.1) is 0 Å². The van der Waals surface area contributed by atoms with E-state index in [1.54, 1.807) is 0 Å². The summed E-state index contributed by atoms with van der Waals surface area (Å²) in [4.78, 5) is 11.9. The van der Waals surface area contributed by atoms with Crippen LogP contribution in [0.1, 0.15) is 15.9 Å². The average Bonchev–Trinajstić information content (AvgIpc) is 2.33. The summed E-state index contributed by atoms with van der Waals surface area (Å²) in [6.45, 7) is 0. The molecule has 0 aromatic heterocycles. The molecule has 2 rings (SSSR count). The molecule has 0 unspecified atom stereocenters. The number of benzene rings is 2. The Kier molecular flexibility index (Phi) is 3.89. The van der Waals surface area contributed by atoms with Crippen LogP contribution in [0.2, 0.25) is 0 Å². The predicted octanol–water partition coefficient (Wildman–Crippen LogP) is 3.86. The average molecular weight is 340 g/mol. The third-order valence-electron chi connectivity index (χ3n) is 2.44. The van der Waals surface area contributed by atoms with E-state index in [-0.39, 0.29) is 11.6 Å². The van der Waals surface area contributed by atoms with Crippen LogP contribution in [-0.2, 0) is 6.42 Å². The van der Waals surface area contributed by atoms with E-state index in [1.807, 2.05) is 24.3 Å². The zero-order valence-electron chi connectivity index (χ0n) is 8.99. The molecular weight excluding hydrogens is 330 g/mol. The minimum absolute atomic E-state index is 0.00575. The van der Waals surface area contributed by atoms with E-state index in [4.69, 9.17) is 0 Å². The van der Waals surface area contributed by atoms with Gasteiger partial charge in [-0.25, -0.2) is 4.39 Å². The fourth-order valence-corrected chi connectivity index (χ4v) is 1.89. The van der Waals surface area contributed by atoms with E-state index in [9.17, 15) is 9.18 Å². The first-order valence-corrected chi connectivity index (χ1v) is 6.26. The number of carbonyl (C=O) groups is 1. The molecule has 2 aromatic rings. The van der Waals surface area contributed by atoms with Crippen LogP contribution >= 0.6 is 22.6 Å². The van der Waals surface area contributed by atoms with Crippen molar-refractivity contribution in [3.8, 4) is 0 Å². The molecule has 2 aromatic carbocycles. The van der Waals surface area contributed by atoms with Gasteiger partial charge in [-0.15, -0.1) is 0 Å². The lowest BCUT2D eigenvalue weighted by Crippen LogP contribution is -2.03. The normalized spacial score (nSPS) is 10.2. The number of hydrogen-bond donors (Lipinski definition) is 0. The Balaban J connectivity index is 2.11. The summed E-state index contributed by atoms with van der Waals surface area (Å²) in [6.07, 6.45) is 0.350. The first-order chi connectivity index (χ1) is 8.15. The van der Waals surface area contributed by atoms with Crippen LogP contribution in [-0.4, -0.2) is 5.78 Å². The van der Waals surface area contributed by atoms with Gasteiger partial charge in [-0.05, 0) is 64.6 Å². The maximum Gasteiger partial charge on any atom is 0.167 e. The maximum absolute atomic E-state index is 12.7. The summed E-state index contributed by atoms with van der Waals surface area (Å²) < 4.78 is 13.8. The molecule has 0 aliphatic heterocycles. The Bertz CT molecular complexity index is 517. The van der Waals surface area contributed by atoms with Crippen LogP contribution in [0.3, 0.4) is 0 Å². The summed E-state index contributed by atoms with van der Waals surface area (Å²) in [6, 6.07) is 13.4. The molecule has 0 radical (unpaired) electrons. The summed E-state index contributed by atoms with van der Waals surface area (Å²) in [5, 5.41) is 0. The summed E-state index contributed by atoms with van der Waals surface area (Å²) >= 11 is 2.22. The summed E-state index contributed by atoms with van der Waals surface area (Å²) in [7, 11) is 0. The van der Waals surface area contributed by atoms with Gasteiger partial charge >= 0.3 is 0 Å². The van der Waals surface area contributed by atoms with Crippen molar-refractivity contribution in [2.75, 3.05) is 0 Å². The van der Waals surface area contributed by atoms with E-state index < -0.39 is 0 Å². The fourth-order valence-electron chi connectivity index (χ4n) is 1.53. The molecular formula is C14H10FIO. The highest BCUT2D eigenvalue weighted by Gasteiger charge is 2.06. The number of ketones is 1. The lowest BCUT2D eigenvalue weighted by atomic mass is 10.0. The van der Waals surface area contributed by atoms with Gasteiger partial charge in [0.1, 0.15) is 5.82 Å². The molecule has 0 saturated heterocycles. The molecule has 86 valence electrons. The van der Waals surface area contributed by atoms with Gasteiger partial charge in [0.15, 0.2) is 5.78 Å². The first-order valence-electron chi connectivity index (χ1n) is 5.18. The number of hydrogen-bond acceptors (Lipinski definition) is 1. The minimum atomic E-state index is -0.323. The van der Waals surface area contributed by atoms with Crippen LogP contribution in [0.25, 0.3) is 0 Å². The molecule has 0 saturated carbocycles. The van der Waals surface area contributed by atoms with Gasteiger partial charge < -0.3 is 0 Å². The van der Waals surface area contributed by atoms with Crippen molar-refractivity contribution in [2.24, 2.45) is 0 Å². The van der Waals surface area contributed by atoms with Gasteiger partial charge in [0.25, 0.3) is 0 Å². The van der Waals surface area contributed by atoms with Crippen LogP contribution in [0, 0.1) is 9.39 Å². The highest BCUT2D eigenvalue weighted by atomic mass is 127. The van der Waals surface area contributed by atoms with Crippen LogP contribution in [0.15, 0.2) is 48.5 Å². The van der Waals surface area contributed by atoms with Crippen molar-refractivity contribution < 1.29 is 9.18 Å². The molecule has 0 atom stereocenters. The maximum atomic E-state index is 12.7. The Labute approximate surface area is 113 Å². The molecule has 0 aliphatic carbocycles. The number of halogens is 2. The van der Waals surface area contributed by atoms with Crippen LogP contribution < -0.4 is 0 Å². The Morgan fingerprint density at radius 1 is 1.00 bits per heavy atom. The zero-order chi connectivity index (χ0) is 12.3. The Morgan fingerprint density at radius 2 is 1.59 bits per heavy atom. The topological polar surface area (TPSA) is 17.1 Å². The monoisotopic (exact) mass is 340 g/mol. The van der Waals surface area contributed by atoms with E-state index in [1.165, 1.54) is 24.3 Å². The van der Waals surface area contributed by atoms with Gasteiger partial charge in [-0.1, -0.05) is 12.1 Å². The largest absolute Gasteiger partial charge is 0.294 e. The zero-order valence-corrected chi connectivity index (χ0v) is 11.1. The Hall–Kier alpha value is -1.23. The molecule has 1 nitrogen and oxygen atoms in total. The second-order valence-electron chi connectivity index (χ2n) is 3.73. The summed E-state index contributed by atoms with van der Waals surface area (Å²) in [5.41, 5.74) is 1.52. The SMILES string of the molecule is O=C(Cc1ccc(I)cc1)c1ccc(F)cc1. The van der Waals surface area contributed by atoms with E-state index in [0.717, 1.165) is 9.13 Å². The fraction of sp³-hybridized carbons (Fsp3) is 0.0714. The quantitative estimate of drug-likeness (QED) is 0.613. The van der Waals surface area contributed by atoms with Gasteiger partial charge in [-0.3, -0.25) is 4.79 Å². The van der Waals surface area contributed by atoms with E-state index in [0.29, 0.717) is 12.0 Å². The van der Waals surface area contributed by atoms with Crippen molar-refractivity contribution in [1.82, 2.24) is 0 Å². The number of carbonyl (C=O) groups excluding carboxylic acids is 1. The van der Waals surface area contributed by atoms with E-state index in [2.05, 4.69) is 22.6 Å². The molecule has 17 heavy (non-hydrogen) atoms. The lowest BCUT2D eigenvalue weighted by Gasteiger charge is -2.02. The number of Topliss-reactive ketones (excluding diaryl/α,β-unsaturated/α-hetero) is 1. The van der Waals surface area contributed by atoms with Crippen molar-refractivity contribution in [1.29, 1.82) is 0 Å². The third kappa shape index (κ3) is 3.36. The lowest BCUT2D eigenvalue weighted by molar-refractivity contribution is 0.0993. The first kappa shape index (κ1) is 12.2. The molecule has 0 N–H and O–H groups in total. The standard InChI is InChI=1S/C14H10FIO/c15-12-5-3-11(4-6-12)14(17)9-10-1-7-13(16)8-2-10/h1-8H,9H2. The van der Waals surface area contributed by atoms with Crippen molar-refractivity contribution in [3.05, 3.63) is 69.0 Å². The minimum Gasteiger partial charge on any atom is -0.294 e. The molecule has 0 amide bonds. The van der Waals surface area contributed by atoms with Crippen LogP contribution in [0.4, 0.5) is 4.39 Å². The van der Waals surface area contributed by atoms with Crippen molar-refractivity contribution in [3.63, 3.8) is 0 Å². The highest BCUT2D eigenvalue weighted by Crippen LogP contribution is 2.11. The molecule has 0 fully saturated rings. The predicted molar refractivity (Wildman–Crippen MR) is 73.6 cm³/mol. The smallest absolute Gasteiger partial charge is 0.167 e. The summed E-state index contributed by atoms with van der Waals surface area (Å²) in [5.74, 6) is -0.318. The molecule has 0 heterocycles. The second-order valence-corrected chi connectivity index (χ2v) is 4.98. The van der Waals surface area contributed by atoms with Crippen molar-refractivity contribution >= 4 is 28.4 Å². The molecule has 0 spiro atoms. The number of rotatable bonds is 3. The van der Waals surface area contributed by atoms with Crippen molar-refractivity contribution in [2.45, 2.75) is 6.42 Å². The van der Waals surface area contributed by atoms with Gasteiger partial charge in [0, 0.05) is 15.6 Å². The molecule has 3 heteroatoms. The van der Waals surface area contributed by atoms with Gasteiger partial charge in [-0.2, -0.15) is 0 Å². The highest BCUT2D eigenvalue weighted by molar-refractivity contribution is 14.1. The molecule has 0 aliphatic rings. The second kappa shape index (κ2) is 5.40. The Morgan fingerprint density at radius 3 is 2.18 bits per heavy atom.